The molecule has 8 aromatic carbocycles. The van der Waals surface area contributed by atoms with Gasteiger partial charge in [-0.25, -0.2) is 0 Å². The Bertz CT molecular complexity index is 3000. The van der Waals surface area contributed by atoms with E-state index < -0.39 is 36.3 Å². The second-order valence-corrected chi connectivity index (χ2v) is 10.9. The number of benzene rings is 8. The third-order valence-corrected chi connectivity index (χ3v) is 8.43. The van der Waals surface area contributed by atoms with E-state index in [4.69, 9.17) is 18.1 Å². The zero-order valence-corrected chi connectivity index (χ0v) is 23.8. The molecule has 1 heteroatoms. The molecule has 0 aliphatic carbocycles. The van der Waals surface area contributed by atoms with E-state index in [0.29, 0.717) is 27.9 Å². The lowest BCUT2D eigenvalue weighted by atomic mass is 9.83. The van der Waals surface area contributed by atoms with E-state index in [2.05, 4.69) is 0 Å². The van der Waals surface area contributed by atoms with Gasteiger partial charge in [-0.15, -0.1) is 0 Å². The Hall–Kier alpha value is -5.92. The summed E-state index contributed by atoms with van der Waals surface area (Å²) in [4.78, 5) is 0. The number of rotatable bonds is 4. The molecule has 0 saturated carbocycles. The summed E-state index contributed by atoms with van der Waals surface area (Å²) in [6.45, 7) is 0. The minimum atomic E-state index is -0.479. The fourth-order valence-electron chi connectivity index (χ4n) is 6.58. The fourth-order valence-corrected chi connectivity index (χ4v) is 6.58. The van der Waals surface area contributed by atoms with Crippen LogP contribution in [-0.2, 0) is 0 Å². The number of hydrogen-bond acceptors (Lipinski definition) is 1. The van der Waals surface area contributed by atoms with E-state index in [9.17, 15) is 0 Å². The highest BCUT2D eigenvalue weighted by atomic mass is 16.3. The number of fused-ring (bicyclic) bond motifs is 5. The maximum atomic E-state index is 8.93. The number of para-hydroxylation sites is 1. The van der Waals surface area contributed by atoms with Crippen molar-refractivity contribution in [2.24, 2.45) is 0 Å². The first kappa shape index (κ1) is 17.4. The average molecular weight is 583 g/mol. The molecular formula is C44H28O. The van der Waals surface area contributed by atoms with Crippen molar-refractivity contribution in [1.29, 1.82) is 0 Å². The third kappa shape index (κ3) is 4.09. The predicted octanol–water partition coefficient (Wildman–Crippen LogP) is 12.6. The molecule has 0 radical (unpaired) electrons. The summed E-state index contributed by atoms with van der Waals surface area (Å²) in [5.74, 6) is 0. The van der Waals surface area contributed by atoms with Gasteiger partial charge in [0, 0.05) is 16.3 Å². The Labute approximate surface area is 275 Å². The highest BCUT2D eigenvalue weighted by molar-refractivity contribution is 6.23. The lowest BCUT2D eigenvalue weighted by Crippen LogP contribution is -1.93. The van der Waals surface area contributed by atoms with Gasteiger partial charge in [-0.2, -0.15) is 0 Å². The van der Waals surface area contributed by atoms with Crippen LogP contribution in [0.1, 0.15) is 13.7 Å². The van der Waals surface area contributed by atoms with Crippen LogP contribution < -0.4 is 0 Å². The van der Waals surface area contributed by atoms with E-state index >= 15 is 0 Å². The molecule has 0 aliphatic heterocycles. The minimum Gasteiger partial charge on any atom is -0.455 e. The van der Waals surface area contributed by atoms with E-state index in [1.165, 1.54) is 0 Å². The second-order valence-electron chi connectivity index (χ2n) is 10.9. The zero-order valence-electron chi connectivity index (χ0n) is 33.8. The molecule has 0 saturated heterocycles. The van der Waals surface area contributed by atoms with E-state index in [1.54, 1.807) is 12.1 Å². The van der Waals surface area contributed by atoms with Crippen molar-refractivity contribution >= 4 is 43.5 Å². The highest BCUT2D eigenvalue weighted by Crippen LogP contribution is 2.48. The molecule has 45 heavy (non-hydrogen) atoms. The van der Waals surface area contributed by atoms with Gasteiger partial charge in [-0.05, 0) is 78.7 Å². The molecule has 1 aromatic heterocycles. The van der Waals surface area contributed by atoms with Gasteiger partial charge < -0.3 is 4.42 Å². The Morgan fingerprint density at radius 1 is 0.378 bits per heavy atom. The zero-order chi connectivity index (χ0) is 38.4. The molecule has 1 heterocycles. The normalized spacial score (nSPS) is 14.7. The SMILES string of the molecule is [2H]c1c([2H])c([2H])c(-c2ccccc2-c2c3ccccc3c(-c3cc(-c4c([2H])c([2H])c([2H])c([2H])c4[2H])c4oc5ccccc5c4c3)c3ccccc23)c([2H])c1[2H]. The molecule has 0 amide bonds. The second kappa shape index (κ2) is 10.4. The summed E-state index contributed by atoms with van der Waals surface area (Å²) in [7, 11) is 0. The van der Waals surface area contributed by atoms with Gasteiger partial charge in [0.2, 0.25) is 0 Å². The van der Waals surface area contributed by atoms with Crippen LogP contribution in [0.15, 0.2) is 174 Å². The van der Waals surface area contributed by atoms with Gasteiger partial charge in [0.25, 0.3) is 0 Å². The standard InChI is InChI=1S/C44H28O/c1-3-15-29(16-4-1)32-19-7-8-21-34(32)43-37-24-11-9-22-35(37)42(36-23-10-12-25-38(36)43)31-27-39(30-17-5-2-6-18-30)44-40(28-31)33-20-13-14-26-41(33)45-44/h1-28H/i1D,2D,3D,4D,5D,6D,15D,16D,17D,18D. The van der Waals surface area contributed by atoms with Gasteiger partial charge in [0.05, 0.1) is 13.7 Å². The molecule has 9 rings (SSSR count). The minimum absolute atomic E-state index is 0.0367. The maximum absolute atomic E-state index is 8.93. The van der Waals surface area contributed by atoms with Crippen molar-refractivity contribution in [3.8, 4) is 44.5 Å². The largest absolute Gasteiger partial charge is 0.455 e. The number of hydrogen-bond donors (Lipinski definition) is 0. The van der Waals surface area contributed by atoms with Gasteiger partial charge in [0.15, 0.2) is 0 Å². The molecule has 1 nitrogen and oxygen atoms in total. The topological polar surface area (TPSA) is 13.1 Å². The van der Waals surface area contributed by atoms with Crippen LogP contribution in [0, 0.1) is 0 Å². The van der Waals surface area contributed by atoms with E-state index in [1.807, 2.05) is 97.1 Å². The quantitative estimate of drug-likeness (QED) is 0.188. The van der Waals surface area contributed by atoms with Crippen LogP contribution in [0.25, 0.3) is 88.0 Å². The Kier molecular flexibility index (Phi) is 4.01. The van der Waals surface area contributed by atoms with Crippen LogP contribution in [0.5, 0.6) is 0 Å². The van der Waals surface area contributed by atoms with Gasteiger partial charge in [0.1, 0.15) is 11.2 Å². The molecule has 0 fully saturated rings. The van der Waals surface area contributed by atoms with Crippen LogP contribution in [0.3, 0.4) is 0 Å². The first-order valence-corrected chi connectivity index (χ1v) is 14.6. The Morgan fingerprint density at radius 2 is 0.867 bits per heavy atom. The fraction of sp³-hybridized carbons (Fsp3) is 0. The van der Waals surface area contributed by atoms with Crippen molar-refractivity contribution in [1.82, 2.24) is 0 Å². The van der Waals surface area contributed by atoms with Crippen LogP contribution >= 0.6 is 0 Å². The summed E-state index contributed by atoms with van der Waals surface area (Å²) in [5, 5.41) is 4.93. The average Bonchev–Trinajstić information content (AvgIpc) is 3.59. The van der Waals surface area contributed by atoms with E-state index in [-0.39, 0.29) is 35.3 Å². The summed E-state index contributed by atoms with van der Waals surface area (Å²) in [6, 6.07) is 30.6. The molecular weight excluding hydrogens is 544 g/mol. The maximum Gasteiger partial charge on any atom is 0.143 e. The summed E-state index contributed by atoms with van der Waals surface area (Å²) in [6.07, 6.45) is 0. The lowest BCUT2D eigenvalue weighted by molar-refractivity contribution is 0.670. The van der Waals surface area contributed by atoms with Gasteiger partial charge in [-0.1, -0.05) is 151 Å². The Balaban J connectivity index is 1.42. The van der Waals surface area contributed by atoms with Crippen LogP contribution in [0.4, 0.5) is 0 Å². The highest BCUT2D eigenvalue weighted by Gasteiger charge is 2.21. The molecule has 0 bridgehead atoms. The molecule has 0 unspecified atom stereocenters. The number of furan rings is 1. The molecule has 0 N–H and O–H groups in total. The van der Waals surface area contributed by atoms with Crippen molar-refractivity contribution in [2.45, 2.75) is 0 Å². The summed E-state index contributed by atoms with van der Waals surface area (Å²) >= 11 is 0. The van der Waals surface area contributed by atoms with Crippen LogP contribution in [-0.4, -0.2) is 0 Å². The smallest absolute Gasteiger partial charge is 0.143 e. The molecule has 9 aromatic rings. The predicted molar refractivity (Wildman–Crippen MR) is 190 cm³/mol. The summed E-state index contributed by atoms with van der Waals surface area (Å²) < 4.78 is 92.2. The van der Waals surface area contributed by atoms with E-state index in [0.717, 1.165) is 49.0 Å². The van der Waals surface area contributed by atoms with Crippen molar-refractivity contribution in [3.63, 3.8) is 0 Å². The first-order valence-electron chi connectivity index (χ1n) is 19.6. The van der Waals surface area contributed by atoms with Crippen molar-refractivity contribution < 1.29 is 18.1 Å². The Morgan fingerprint density at radius 3 is 1.49 bits per heavy atom. The molecule has 0 spiro atoms. The van der Waals surface area contributed by atoms with Gasteiger partial charge in [-0.3, -0.25) is 0 Å². The molecule has 0 aliphatic rings. The summed E-state index contributed by atoms with van der Waals surface area (Å²) in [5.41, 5.74) is 5.10. The lowest BCUT2D eigenvalue weighted by Gasteiger charge is -2.20. The van der Waals surface area contributed by atoms with Crippen molar-refractivity contribution in [3.05, 3.63) is 170 Å². The molecule has 210 valence electrons. The third-order valence-electron chi connectivity index (χ3n) is 8.43. The van der Waals surface area contributed by atoms with Crippen LogP contribution in [0.2, 0.25) is 0 Å². The monoisotopic (exact) mass is 582 g/mol. The first-order chi connectivity index (χ1) is 26.5. The van der Waals surface area contributed by atoms with Crippen molar-refractivity contribution in [2.75, 3.05) is 0 Å². The van der Waals surface area contributed by atoms with Gasteiger partial charge >= 0.3 is 0 Å². The molecule has 0 atom stereocenters.